The molecule has 1 aromatic carbocycles. The van der Waals surface area contributed by atoms with E-state index < -0.39 is 24.6 Å². The number of ether oxygens (including phenoxy) is 1. The lowest BCUT2D eigenvalue weighted by Gasteiger charge is -2.36. The van der Waals surface area contributed by atoms with E-state index in [-0.39, 0.29) is 17.8 Å². The first kappa shape index (κ1) is 17.8. The summed E-state index contributed by atoms with van der Waals surface area (Å²) in [5.74, 6) is -0.950. The molecule has 0 bridgehead atoms. The van der Waals surface area contributed by atoms with Crippen molar-refractivity contribution in [2.24, 2.45) is 5.41 Å². The highest BCUT2D eigenvalue weighted by Crippen LogP contribution is 2.60. The smallest absolute Gasteiger partial charge is 0.422 e. The predicted molar refractivity (Wildman–Crippen MR) is 82.7 cm³/mol. The molecule has 0 aromatic heterocycles. The van der Waals surface area contributed by atoms with Gasteiger partial charge in [-0.05, 0) is 55.7 Å². The van der Waals surface area contributed by atoms with Crippen LogP contribution < -0.4 is 15.4 Å². The van der Waals surface area contributed by atoms with Crippen molar-refractivity contribution < 1.29 is 27.1 Å². The van der Waals surface area contributed by atoms with Gasteiger partial charge < -0.3 is 15.4 Å². The first-order chi connectivity index (χ1) is 11.6. The summed E-state index contributed by atoms with van der Waals surface area (Å²) in [7, 11) is 0. The molecule has 25 heavy (non-hydrogen) atoms. The zero-order chi connectivity index (χ0) is 18.2. The average Bonchev–Trinajstić information content (AvgIpc) is 3.24. The molecule has 2 aliphatic rings. The van der Waals surface area contributed by atoms with Gasteiger partial charge in [-0.25, -0.2) is 9.18 Å². The largest absolute Gasteiger partial charge is 0.484 e. The van der Waals surface area contributed by atoms with Crippen LogP contribution in [0.25, 0.3) is 0 Å². The number of carbonyl (C=O) groups is 1. The number of carbonyl (C=O) groups excluding carboxylic acids is 1. The number of halogens is 4. The Morgan fingerprint density at radius 3 is 2.60 bits per heavy atom. The van der Waals surface area contributed by atoms with Crippen molar-refractivity contribution in [2.75, 3.05) is 6.61 Å². The molecular formula is C17H20F4N2O2. The number of hydrogen-bond acceptors (Lipinski definition) is 2. The molecular weight excluding hydrogens is 340 g/mol. The molecule has 8 heteroatoms. The van der Waals surface area contributed by atoms with Gasteiger partial charge in [-0.15, -0.1) is 0 Å². The number of benzene rings is 1. The Kier molecular flexibility index (Phi) is 4.55. The Morgan fingerprint density at radius 2 is 2.00 bits per heavy atom. The summed E-state index contributed by atoms with van der Waals surface area (Å²) in [4.78, 5) is 12.0. The molecule has 1 aromatic rings. The molecule has 4 nitrogen and oxygen atoms in total. The van der Waals surface area contributed by atoms with Crippen LogP contribution in [0.2, 0.25) is 0 Å². The van der Waals surface area contributed by atoms with Crippen LogP contribution in [0.4, 0.5) is 22.4 Å². The maximum Gasteiger partial charge on any atom is 0.422 e. The van der Waals surface area contributed by atoms with Crippen LogP contribution in [0.1, 0.15) is 44.2 Å². The van der Waals surface area contributed by atoms with Gasteiger partial charge in [0.05, 0.1) is 6.04 Å². The number of alkyl halides is 3. The Bertz CT molecular complexity index is 651. The predicted octanol–water partition coefficient (Wildman–Crippen LogP) is 4.07. The molecule has 0 radical (unpaired) electrons. The van der Waals surface area contributed by atoms with Gasteiger partial charge in [0.15, 0.2) is 6.61 Å². The summed E-state index contributed by atoms with van der Waals surface area (Å²) >= 11 is 0. The second-order valence-electron chi connectivity index (χ2n) is 7.07. The minimum atomic E-state index is -4.50. The first-order valence-corrected chi connectivity index (χ1v) is 8.21. The van der Waals surface area contributed by atoms with Crippen LogP contribution in [-0.2, 0) is 0 Å². The van der Waals surface area contributed by atoms with E-state index in [1.165, 1.54) is 18.9 Å². The summed E-state index contributed by atoms with van der Waals surface area (Å²) in [5, 5.41) is 5.54. The van der Waals surface area contributed by atoms with Crippen LogP contribution in [0, 0.1) is 11.2 Å². The Morgan fingerprint density at radius 1 is 1.32 bits per heavy atom. The van der Waals surface area contributed by atoms with E-state index in [4.69, 9.17) is 0 Å². The fourth-order valence-corrected chi connectivity index (χ4v) is 3.26. The average molecular weight is 360 g/mol. The number of hydrogen-bond donors (Lipinski definition) is 2. The highest BCUT2D eigenvalue weighted by Gasteiger charge is 2.53. The van der Waals surface area contributed by atoms with Gasteiger partial charge in [0.25, 0.3) is 0 Å². The fraction of sp³-hybridized carbons (Fsp3) is 0.588. The third-order valence-electron chi connectivity index (χ3n) is 4.79. The molecule has 1 unspecified atom stereocenters. The Hall–Kier alpha value is -1.99. The zero-order valence-electron chi connectivity index (χ0n) is 13.8. The molecule has 3 rings (SSSR count). The molecule has 2 aliphatic carbocycles. The molecule has 2 amide bonds. The second-order valence-corrected chi connectivity index (χ2v) is 7.07. The van der Waals surface area contributed by atoms with E-state index in [0.29, 0.717) is 11.0 Å². The number of amides is 2. The molecule has 1 spiro atoms. The molecule has 2 saturated carbocycles. The summed E-state index contributed by atoms with van der Waals surface area (Å²) < 4.78 is 54.8. The quantitative estimate of drug-likeness (QED) is 0.778. The summed E-state index contributed by atoms with van der Waals surface area (Å²) in [5.41, 5.74) is 0.802. The molecule has 138 valence electrons. The van der Waals surface area contributed by atoms with Crippen LogP contribution in [-0.4, -0.2) is 24.9 Å². The number of rotatable bonds is 5. The third-order valence-corrected chi connectivity index (χ3v) is 4.79. The van der Waals surface area contributed by atoms with Gasteiger partial charge in [-0.2, -0.15) is 13.2 Å². The molecule has 1 atom stereocenters. The maximum atomic E-state index is 13.6. The number of urea groups is 1. The van der Waals surface area contributed by atoms with Crippen LogP contribution in [0.5, 0.6) is 5.75 Å². The second kappa shape index (κ2) is 6.38. The van der Waals surface area contributed by atoms with Crippen LogP contribution >= 0.6 is 0 Å². The summed E-state index contributed by atoms with van der Waals surface area (Å²) in [6.07, 6.45) is -0.0628. The topological polar surface area (TPSA) is 50.4 Å². The maximum absolute atomic E-state index is 13.6. The lowest BCUT2D eigenvalue weighted by Crippen LogP contribution is -2.49. The van der Waals surface area contributed by atoms with Crippen molar-refractivity contribution in [3.05, 3.63) is 29.6 Å². The van der Waals surface area contributed by atoms with E-state index in [0.717, 1.165) is 25.0 Å². The lowest BCUT2D eigenvalue weighted by atomic mass is 9.77. The van der Waals surface area contributed by atoms with Gasteiger partial charge >= 0.3 is 12.2 Å². The van der Waals surface area contributed by atoms with Crippen LogP contribution in [0.15, 0.2) is 18.2 Å². The van der Waals surface area contributed by atoms with Gasteiger partial charge in [-0.3, -0.25) is 0 Å². The summed E-state index contributed by atoms with van der Waals surface area (Å²) in [6, 6.07) is 2.56. The van der Waals surface area contributed by atoms with Gasteiger partial charge in [-0.1, -0.05) is 0 Å². The highest BCUT2D eigenvalue weighted by atomic mass is 19.4. The molecule has 0 saturated heterocycles. The first-order valence-electron chi connectivity index (χ1n) is 8.21. The Balaban J connectivity index is 1.54. The van der Waals surface area contributed by atoms with Gasteiger partial charge in [0.2, 0.25) is 0 Å². The minimum absolute atomic E-state index is 0.160. The van der Waals surface area contributed by atoms with E-state index in [1.54, 1.807) is 6.92 Å². The molecule has 2 N–H and O–H groups in total. The van der Waals surface area contributed by atoms with Gasteiger partial charge in [0, 0.05) is 12.1 Å². The number of nitrogens with one attached hydrogen (secondary N) is 2. The third kappa shape index (κ3) is 4.76. The standard InChI is InChI=1S/C17H20F4N2O2/c1-10(22-15(24)23-13-7-16(8-13)2-3-16)11-4-12(18)6-14(5-11)25-9-17(19,20)21/h4-6,10,13H,2-3,7-9H2,1H3,(H2,22,23,24). The van der Waals surface area contributed by atoms with Crippen LogP contribution in [0.3, 0.4) is 0 Å². The summed E-state index contributed by atoms with van der Waals surface area (Å²) in [6.45, 7) is 0.132. The molecule has 0 aliphatic heterocycles. The van der Waals surface area contributed by atoms with Crippen molar-refractivity contribution >= 4 is 6.03 Å². The molecule has 2 fully saturated rings. The SMILES string of the molecule is CC(NC(=O)NC1CC2(CC2)C1)c1cc(F)cc(OCC(F)(F)F)c1. The van der Waals surface area contributed by atoms with E-state index in [2.05, 4.69) is 15.4 Å². The lowest BCUT2D eigenvalue weighted by molar-refractivity contribution is -0.153. The van der Waals surface area contributed by atoms with Crippen molar-refractivity contribution in [2.45, 2.75) is 50.9 Å². The van der Waals surface area contributed by atoms with Crippen molar-refractivity contribution in [3.8, 4) is 5.75 Å². The normalized spacial score (nSPS) is 19.9. The fourth-order valence-electron chi connectivity index (χ4n) is 3.26. The zero-order valence-corrected chi connectivity index (χ0v) is 13.8. The highest BCUT2D eigenvalue weighted by molar-refractivity contribution is 5.75. The van der Waals surface area contributed by atoms with Crippen molar-refractivity contribution in [1.82, 2.24) is 10.6 Å². The van der Waals surface area contributed by atoms with E-state index in [9.17, 15) is 22.4 Å². The van der Waals surface area contributed by atoms with Crippen molar-refractivity contribution in [1.29, 1.82) is 0 Å². The Labute approximate surface area is 142 Å². The monoisotopic (exact) mass is 360 g/mol. The molecule has 0 heterocycles. The van der Waals surface area contributed by atoms with Gasteiger partial charge in [0.1, 0.15) is 11.6 Å². The van der Waals surface area contributed by atoms with E-state index in [1.807, 2.05) is 0 Å². The van der Waals surface area contributed by atoms with Crippen molar-refractivity contribution in [3.63, 3.8) is 0 Å². The van der Waals surface area contributed by atoms with E-state index >= 15 is 0 Å². The minimum Gasteiger partial charge on any atom is -0.484 e.